The lowest BCUT2D eigenvalue weighted by Crippen LogP contribution is -2.44. The van der Waals surface area contributed by atoms with Gasteiger partial charge in [0.25, 0.3) is 11.8 Å². The highest BCUT2D eigenvalue weighted by Crippen LogP contribution is 2.38. The average molecular weight is 702 g/mol. The molecule has 2 aliphatic rings. The molecule has 52 heavy (non-hydrogen) atoms. The van der Waals surface area contributed by atoms with Crippen LogP contribution in [0.1, 0.15) is 77.2 Å². The van der Waals surface area contributed by atoms with Gasteiger partial charge in [-0.15, -0.1) is 0 Å². The van der Waals surface area contributed by atoms with Crippen LogP contribution < -0.4 is 14.8 Å². The summed E-state index contributed by atoms with van der Waals surface area (Å²) in [5.41, 5.74) is 3.79. The number of aryl methyl sites for hydroxylation is 1. The number of aliphatic hydroxyl groups excluding tert-OH is 1. The van der Waals surface area contributed by atoms with Crippen molar-refractivity contribution < 1.29 is 29.0 Å². The summed E-state index contributed by atoms with van der Waals surface area (Å²) in [7, 11) is 0. The van der Waals surface area contributed by atoms with Gasteiger partial charge in [0.15, 0.2) is 17.2 Å². The second kappa shape index (κ2) is 14.9. The zero-order chi connectivity index (χ0) is 36.4. The van der Waals surface area contributed by atoms with E-state index in [1.165, 1.54) is 4.90 Å². The number of nitrogens with one attached hydrogen (secondary N) is 1. The molecule has 7 rings (SSSR count). The first-order valence-corrected chi connectivity index (χ1v) is 18.0. The number of unbranched alkanes of at least 4 members (excludes halogenated alkanes) is 2. The van der Waals surface area contributed by atoms with Crippen LogP contribution in [-0.2, 0) is 17.8 Å². The molecule has 1 atom stereocenters. The summed E-state index contributed by atoms with van der Waals surface area (Å²) in [5, 5.41) is 20.7. The predicted molar refractivity (Wildman–Crippen MR) is 198 cm³/mol. The number of benzene rings is 4. The van der Waals surface area contributed by atoms with Crippen LogP contribution in [0.5, 0.6) is 11.5 Å². The Morgan fingerprint density at radius 1 is 0.865 bits per heavy atom. The number of hydrogen-bond donors (Lipinski definition) is 2. The summed E-state index contributed by atoms with van der Waals surface area (Å²) < 4.78 is 13.3. The van der Waals surface area contributed by atoms with E-state index in [0.29, 0.717) is 41.7 Å². The quantitative estimate of drug-likeness (QED) is 0.158. The number of anilines is 1. The second-order valence-corrected chi connectivity index (χ2v) is 13.4. The molecule has 0 fully saturated rings. The van der Waals surface area contributed by atoms with Crippen LogP contribution in [0.4, 0.5) is 5.69 Å². The van der Waals surface area contributed by atoms with Crippen LogP contribution in [0.2, 0.25) is 0 Å². The van der Waals surface area contributed by atoms with E-state index in [1.807, 2.05) is 72.5 Å². The fourth-order valence-electron chi connectivity index (χ4n) is 6.78. The molecule has 0 saturated heterocycles. The minimum atomic E-state index is -1.24. The van der Waals surface area contributed by atoms with Crippen LogP contribution in [0.25, 0.3) is 16.5 Å². The molecule has 1 unspecified atom stereocenters. The maximum atomic E-state index is 14.5. The molecule has 4 aromatic carbocycles. The van der Waals surface area contributed by atoms with E-state index in [4.69, 9.17) is 14.6 Å². The summed E-state index contributed by atoms with van der Waals surface area (Å²) >= 11 is 0. The van der Waals surface area contributed by atoms with Gasteiger partial charge in [0.2, 0.25) is 0 Å². The van der Waals surface area contributed by atoms with Crippen molar-refractivity contribution in [3.63, 3.8) is 0 Å². The standard InChI is InChI=1S/C41H43N5O6/c1-4-6-18-44(19-7-5-2)40(50)33-20-26(3)46(43-33)34-17-16-31(24-32(34)39(49)45-25-30-15-11-10-14-29(30)23-37(45)47)42-38(48)41-51-35-21-27-12-8-9-13-28(27)22-36(35)52-41/h8-17,20-22,24,37,41,47H,4-7,18-19,23,25H2,1-3H3,(H,42,48). The molecule has 3 heterocycles. The molecule has 11 heteroatoms. The first kappa shape index (κ1) is 34.8. The van der Waals surface area contributed by atoms with Gasteiger partial charge in [-0.3, -0.25) is 14.4 Å². The predicted octanol–water partition coefficient (Wildman–Crippen LogP) is 6.63. The van der Waals surface area contributed by atoms with Gasteiger partial charge in [-0.25, -0.2) is 4.68 Å². The minimum Gasteiger partial charge on any atom is -0.442 e. The van der Waals surface area contributed by atoms with E-state index in [9.17, 15) is 19.5 Å². The summed E-state index contributed by atoms with van der Waals surface area (Å²) in [6.07, 6.45) is 1.69. The summed E-state index contributed by atoms with van der Waals surface area (Å²) in [6, 6.07) is 25.8. The number of carbonyl (C=O) groups is 3. The van der Waals surface area contributed by atoms with Gasteiger partial charge in [0.05, 0.1) is 11.3 Å². The Balaban J connectivity index is 1.20. The van der Waals surface area contributed by atoms with Crippen molar-refractivity contribution in [3.05, 3.63) is 113 Å². The molecule has 2 N–H and O–H groups in total. The maximum absolute atomic E-state index is 14.5. The van der Waals surface area contributed by atoms with Gasteiger partial charge in [0.1, 0.15) is 6.23 Å². The van der Waals surface area contributed by atoms with Crippen molar-refractivity contribution in [1.29, 1.82) is 0 Å². The summed E-state index contributed by atoms with van der Waals surface area (Å²) in [5.74, 6) is -0.232. The van der Waals surface area contributed by atoms with Crippen LogP contribution in [0.3, 0.4) is 0 Å². The van der Waals surface area contributed by atoms with Crippen molar-refractivity contribution in [2.45, 2.75) is 71.9 Å². The van der Waals surface area contributed by atoms with Gasteiger partial charge in [0, 0.05) is 37.4 Å². The molecule has 0 bridgehead atoms. The number of aromatic nitrogens is 2. The SMILES string of the molecule is CCCCN(CCCC)C(=O)c1cc(C)n(-c2ccc(NC(=O)C3Oc4cc5ccccc5cc4O3)cc2C(=O)N2Cc3ccccc3CC2O)n1. The summed E-state index contributed by atoms with van der Waals surface area (Å²) in [6.45, 7) is 7.51. The van der Waals surface area contributed by atoms with Crippen molar-refractivity contribution in [2.24, 2.45) is 0 Å². The molecule has 268 valence electrons. The number of ether oxygens (including phenoxy) is 2. The molecule has 0 radical (unpaired) electrons. The first-order valence-electron chi connectivity index (χ1n) is 18.0. The van der Waals surface area contributed by atoms with E-state index < -0.39 is 24.3 Å². The van der Waals surface area contributed by atoms with Crippen molar-refractivity contribution in [1.82, 2.24) is 19.6 Å². The number of amides is 3. The lowest BCUT2D eigenvalue weighted by molar-refractivity contribution is -0.131. The second-order valence-electron chi connectivity index (χ2n) is 13.4. The Kier molecular flexibility index (Phi) is 9.95. The van der Waals surface area contributed by atoms with E-state index in [1.54, 1.807) is 28.9 Å². The minimum absolute atomic E-state index is 0.158. The number of aliphatic hydroxyl groups is 1. The number of carbonyl (C=O) groups excluding carboxylic acids is 3. The molecule has 3 amide bonds. The number of fused-ring (bicyclic) bond motifs is 3. The van der Waals surface area contributed by atoms with E-state index in [0.717, 1.165) is 47.6 Å². The largest absolute Gasteiger partial charge is 0.442 e. The summed E-state index contributed by atoms with van der Waals surface area (Å²) in [4.78, 5) is 44.9. The zero-order valence-corrected chi connectivity index (χ0v) is 29.7. The molecule has 2 aliphatic heterocycles. The Morgan fingerprint density at radius 2 is 1.50 bits per heavy atom. The maximum Gasteiger partial charge on any atom is 0.322 e. The molecule has 0 aliphatic carbocycles. The molecular weight excluding hydrogens is 658 g/mol. The van der Waals surface area contributed by atoms with E-state index in [-0.39, 0.29) is 30.1 Å². The van der Waals surface area contributed by atoms with Crippen LogP contribution in [-0.4, -0.2) is 68.0 Å². The fraction of sp³-hybridized carbons (Fsp3) is 0.317. The molecule has 0 spiro atoms. The molecule has 0 saturated carbocycles. The number of nitrogens with zero attached hydrogens (tertiary/aromatic N) is 4. The lowest BCUT2D eigenvalue weighted by atomic mass is 9.97. The monoisotopic (exact) mass is 701 g/mol. The zero-order valence-electron chi connectivity index (χ0n) is 29.7. The third kappa shape index (κ3) is 6.96. The fourth-order valence-corrected chi connectivity index (χ4v) is 6.78. The third-order valence-electron chi connectivity index (χ3n) is 9.66. The van der Waals surface area contributed by atoms with E-state index >= 15 is 0 Å². The molecule has 11 nitrogen and oxygen atoms in total. The normalized spacial score (nSPS) is 15.1. The van der Waals surface area contributed by atoms with Gasteiger partial charge in [-0.2, -0.15) is 5.10 Å². The van der Waals surface area contributed by atoms with Crippen molar-refractivity contribution in [3.8, 4) is 17.2 Å². The smallest absolute Gasteiger partial charge is 0.322 e. The van der Waals surface area contributed by atoms with Crippen LogP contribution in [0, 0.1) is 6.92 Å². The van der Waals surface area contributed by atoms with Gasteiger partial charge < -0.3 is 29.7 Å². The van der Waals surface area contributed by atoms with Crippen molar-refractivity contribution in [2.75, 3.05) is 18.4 Å². The lowest BCUT2D eigenvalue weighted by Gasteiger charge is -2.34. The van der Waals surface area contributed by atoms with Gasteiger partial charge in [-0.05, 0) is 78.1 Å². The highest BCUT2D eigenvalue weighted by Gasteiger charge is 2.34. The number of hydrogen-bond acceptors (Lipinski definition) is 7. The van der Waals surface area contributed by atoms with E-state index in [2.05, 4.69) is 19.2 Å². The Morgan fingerprint density at radius 3 is 2.15 bits per heavy atom. The van der Waals surface area contributed by atoms with Gasteiger partial charge >= 0.3 is 12.2 Å². The van der Waals surface area contributed by atoms with Gasteiger partial charge in [-0.1, -0.05) is 75.2 Å². The molecule has 5 aromatic rings. The Labute approximate surface area is 302 Å². The molecule has 1 aromatic heterocycles. The average Bonchev–Trinajstić information content (AvgIpc) is 3.76. The number of rotatable bonds is 11. The van der Waals surface area contributed by atoms with Crippen molar-refractivity contribution >= 4 is 34.2 Å². The molecular formula is C41H43N5O6. The first-order chi connectivity index (χ1) is 25.2. The Hall–Kier alpha value is -5.68. The van der Waals surface area contributed by atoms with Crippen LogP contribution in [0.15, 0.2) is 84.9 Å². The third-order valence-corrected chi connectivity index (χ3v) is 9.66. The highest BCUT2D eigenvalue weighted by atomic mass is 16.7. The Bertz CT molecular complexity index is 2090. The highest BCUT2D eigenvalue weighted by molar-refractivity contribution is 6.01. The van der Waals surface area contributed by atoms with Crippen LogP contribution >= 0.6 is 0 Å². The topological polar surface area (TPSA) is 126 Å².